The van der Waals surface area contributed by atoms with Crippen LogP contribution in [0.1, 0.15) is 5.56 Å². The first kappa shape index (κ1) is 10.2. The zero-order valence-electron chi connectivity index (χ0n) is 8.44. The minimum atomic E-state index is 0.737. The number of nitrogens with one attached hydrogen (secondary N) is 1. The van der Waals surface area contributed by atoms with Crippen LogP contribution < -0.4 is 5.32 Å². The topological polar surface area (TPSA) is 29.9 Å². The fourth-order valence-corrected chi connectivity index (χ4v) is 1.52. The molecule has 0 unspecified atom stereocenters. The summed E-state index contributed by atoms with van der Waals surface area (Å²) in [5.41, 5.74) is 2.18. The number of aromatic nitrogens is 2. The van der Waals surface area contributed by atoms with Gasteiger partial charge in [-0.2, -0.15) is 5.10 Å². The van der Waals surface area contributed by atoms with Crippen molar-refractivity contribution < 1.29 is 0 Å². The average molecular weight is 222 g/mol. The van der Waals surface area contributed by atoms with Crippen molar-refractivity contribution in [1.82, 2.24) is 15.1 Å². The molecule has 0 saturated carbocycles. The van der Waals surface area contributed by atoms with Gasteiger partial charge in [-0.05, 0) is 31.3 Å². The van der Waals surface area contributed by atoms with Gasteiger partial charge in [-0.25, -0.2) is 4.68 Å². The van der Waals surface area contributed by atoms with Gasteiger partial charge in [0, 0.05) is 23.3 Å². The molecule has 0 aliphatic rings. The van der Waals surface area contributed by atoms with E-state index in [1.165, 1.54) is 0 Å². The Hall–Kier alpha value is -1.32. The molecule has 1 heterocycles. The summed E-state index contributed by atoms with van der Waals surface area (Å²) in [7, 11) is 1.92. The summed E-state index contributed by atoms with van der Waals surface area (Å²) in [6.45, 7) is 0.827. The van der Waals surface area contributed by atoms with Gasteiger partial charge < -0.3 is 5.32 Å². The molecule has 1 N–H and O–H groups in total. The maximum Gasteiger partial charge on any atom is 0.0646 e. The molecule has 0 aliphatic heterocycles. The van der Waals surface area contributed by atoms with Crippen LogP contribution in [0.3, 0.4) is 0 Å². The summed E-state index contributed by atoms with van der Waals surface area (Å²) in [5, 5.41) is 8.09. The lowest BCUT2D eigenvalue weighted by molar-refractivity contribution is 0.816. The summed E-state index contributed by atoms with van der Waals surface area (Å²) in [6.07, 6.45) is 3.85. The van der Waals surface area contributed by atoms with Crippen LogP contribution in [0.15, 0.2) is 36.7 Å². The first-order valence-corrected chi connectivity index (χ1v) is 5.11. The molecule has 1 aromatic carbocycles. The maximum atomic E-state index is 5.81. The van der Waals surface area contributed by atoms with E-state index in [-0.39, 0.29) is 0 Å². The Morgan fingerprint density at radius 3 is 2.73 bits per heavy atom. The number of nitrogens with zero attached hydrogens (tertiary/aromatic N) is 2. The summed E-state index contributed by atoms with van der Waals surface area (Å²) in [6, 6.07) is 7.60. The lowest BCUT2D eigenvalue weighted by Gasteiger charge is -2.00. The largest absolute Gasteiger partial charge is 0.316 e. The van der Waals surface area contributed by atoms with Gasteiger partial charge >= 0.3 is 0 Å². The second kappa shape index (κ2) is 4.47. The first-order chi connectivity index (χ1) is 7.29. The van der Waals surface area contributed by atoms with Crippen molar-refractivity contribution in [2.75, 3.05) is 7.05 Å². The summed E-state index contributed by atoms with van der Waals surface area (Å²) >= 11 is 5.81. The molecule has 2 aromatic rings. The molecule has 0 fully saturated rings. The molecule has 0 saturated heterocycles. The molecular weight excluding hydrogens is 210 g/mol. The van der Waals surface area contributed by atoms with E-state index >= 15 is 0 Å². The molecule has 3 nitrogen and oxygen atoms in total. The third kappa shape index (κ3) is 2.37. The van der Waals surface area contributed by atoms with Crippen LogP contribution in [0.5, 0.6) is 0 Å². The number of halogens is 1. The minimum Gasteiger partial charge on any atom is -0.316 e. The van der Waals surface area contributed by atoms with Gasteiger partial charge in [-0.15, -0.1) is 0 Å². The van der Waals surface area contributed by atoms with Crippen molar-refractivity contribution in [2.45, 2.75) is 6.54 Å². The molecule has 2 rings (SSSR count). The van der Waals surface area contributed by atoms with E-state index in [4.69, 9.17) is 11.6 Å². The quantitative estimate of drug-likeness (QED) is 0.862. The first-order valence-electron chi connectivity index (χ1n) is 4.73. The third-order valence-electron chi connectivity index (χ3n) is 2.11. The van der Waals surface area contributed by atoms with Gasteiger partial charge in [0.2, 0.25) is 0 Å². The van der Waals surface area contributed by atoms with Crippen molar-refractivity contribution in [1.29, 1.82) is 0 Å². The Balaban J connectivity index is 2.25. The molecule has 78 valence electrons. The Morgan fingerprint density at radius 1 is 1.33 bits per heavy atom. The van der Waals surface area contributed by atoms with E-state index in [0.717, 1.165) is 22.8 Å². The summed E-state index contributed by atoms with van der Waals surface area (Å²) < 4.78 is 1.84. The van der Waals surface area contributed by atoms with Gasteiger partial charge in [0.05, 0.1) is 11.9 Å². The van der Waals surface area contributed by atoms with Crippen molar-refractivity contribution in [2.24, 2.45) is 0 Å². The molecule has 0 spiro atoms. The molecule has 0 atom stereocenters. The van der Waals surface area contributed by atoms with Gasteiger partial charge in [-0.1, -0.05) is 11.6 Å². The smallest absolute Gasteiger partial charge is 0.0646 e. The lowest BCUT2D eigenvalue weighted by Crippen LogP contribution is -2.03. The number of rotatable bonds is 3. The monoisotopic (exact) mass is 221 g/mol. The molecule has 15 heavy (non-hydrogen) atoms. The Morgan fingerprint density at radius 2 is 2.07 bits per heavy atom. The second-order valence-corrected chi connectivity index (χ2v) is 3.74. The molecule has 1 aromatic heterocycles. The third-order valence-corrected chi connectivity index (χ3v) is 2.36. The predicted molar refractivity (Wildman–Crippen MR) is 61.3 cm³/mol. The summed E-state index contributed by atoms with van der Waals surface area (Å²) in [5.74, 6) is 0. The SMILES string of the molecule is CNCc1cnn(-c2ccc(Cl)cc2)c1. The molecular formula is C11H12ClN3. The van der Waals surface area contributed by atoms with E-state index in [1.54, 1.807) is 0 Å². The fourth-order valence-electron chi connectivity index (χ4n) is 1.39. The average Bonchev–Trinajstić information content (AvgIpc) is 2.68. The molecule has 0 amide bonds. The zero-order valence-corrected chi connectivity index (χ0v) is 9.20. The van der Waals surface area contributed by atoms with Crippen LogP contribution in [0.2, 0.25) is 5.02 Å². The number of benzene rings is 1. The Kier molecular flexibility index (Phi) is 3.04. The zero-order chi connectivity index (χ0) is 10.7. The van der Waals surface area contributed by atoms with Crippen LogP contribution >= 0.6 is 11.6 Å². The highest BCUT2D eigenvalue weighted by atomic mass is 35.5. The maximum absolute atomic E-state index is 5.81. The Labute approximate surface area is 93.7 Å². The van der Waals surface area contributed by atoms with E-state index < -0.39 is 0 Å². The fraction of sp³-hybridized carbons (Fsp3) is 0.182. The molecule has 0 radical (unpaired) electrons. The number of hydrogen-bond acceptors (Lipinski definition) is 2. The van der Waals surface area contributed by atoms with Crippen molar-refractivity contribution >= 4 is 11.6 Å². The molecule has 0 bridgehead atoms. The van der Waals surface area contributed by atoms with Crippen LogP contribution in [-0.4, -0.2) is 16.8 Å². The highest BCUT2D eigenvalue weighted by Gasteiger charge is 1.99. The second-order valence-electron chi connectivity index (χ2n) is 3.30. The number of hydrogen-bond donors (Lipinski definition) is 1. The van der Waals surface area contributed by atoms with Gasteiger partial charge in [0.25, 0.3) is 0 Å². The highest BCUT2D eigenvalue weighted by Crippen LogP contribution is 2.13. The van der Waals surface area contributed by atoms with Gasteiger partial charge in [0.15, 0.2) is 0 Å². The van der Waals surface area contributed by atoms with Crippen molar-refractivity contribution in [3.05, 3.63) is 47.2 Å². The van der Waals surface area contributed by atoms with Gasteiger partial charge in [0.1, 0.15) is 0 Å². The van der Waals surface area contributed by atoms with Crippen LogP contribution in [0.25, 0.3) is 5.69 Å². The minimum absolute atomic E-state index is 0.737. The van der Waals surface area contributed by atoms with E-state index in [1.807, 2.05) is 48.4 Å². The van der Waals surface area contributed by atoms with E-state index in [9.17, 15) is 0 Å². The standard InChI is InChI=1S/C11H12ClN3/c1-13-6-9-7-14-15(8-9)11-4-2-10(12)3-5-11/h2-5,7-8,13H,6H2,1H3. The Bertz CT molecular complexity index is 433. The van der Waals surface area contributed by atoms with Crippen LogP contribution in [0, 0.1) is 0 Å². The lowest BCUT2D eigenvalue weighted by atomic mass is 10.3. The molecule has 4 heteroatoms. The van der Waals surface area contributed by atoms with Crippen LogP contribution in [-0.2, 0) is 6.54 Å². The molecule has 0 aliphatic carbocycles. The highest BCUT2D eigenvalue weighted by molar-refractivity contribution is 6.30. The van der Waals surface area contributed by atoms with Crippen molar-refractivity contribution in [3.8, 4) is 5.69 Å². The normalized spacial score (nSPS) is 10.5. The van der Waals surface area contributed by atoms with Crippen LogP contribution in [0.4, 0.5) is 0 Å². The van der Waals surface area contributed by atoms with Crippen molar-refractivity contribution in [3.63, 3.8) is 0 Å². The van der Waals surface area contributed by atoms with Gasteiger partial charge in [-0.3, -0.25) is 0 Å². The van der Waals surface area contributed by atoms with E-state index in [2.05, 4.69) is 10.4 Å². The predicted octanol–water partition coefficient (Wildman–Crippen LogP) is 2.25. The summed E-state index contributed by atoms with van der Waals surface area (Å²) in [4.78, 5) is 0. The van der Waals surface area contributed by atoms with E-state index in [0.29, 0.717) is 0 Å².